The zero-order valence-corrected chi connectivity index (χ0v) is 6.51. The smallest absolute Gasteiger partial charge is 0.0823 e. The predicted octanol–water partition coefficient (Wildman–Crippen LogP) is 1.12. The van der Waals surface area contributed by atoms with Gasteiger partial charge < -0.3 is 5.11 Å². The molecular weight excluding hydrogens is 132 g/mol. The van der Waals surface area contributed by atoms with Crippen LogP contribution in [-0.4, -0.2) is 24.9 Å². The van der Waals surface area contributed by atoms with Crippen molar-refractivity contribution in [3.05, 3.63) is 0 Å². The van der Waals surface area contributed by atoms with E-state index in [9.17, 15) is 0 Å². The highest BCUT2D eigenvalue weighted by Crippen LogP contribution is 1.97. The van der Waals surface area contributed by atoms with Gasteiger partial charge in [-0.1, -0.05) is 6.92 Å². The highest BCUT2D eigenvalue weighted by molar-refractivity contribution is 4.36. The minimum Gasteiger partial charge on any atom is -0.396 e. The van der Waals surface area contributed by atoms with Crippen LogP contribution in [0.2, 0.25) is 0 Å². The van der Waals surface area contributed by atoms with Crippen LogP contribution in [-0.2, 0) is 9.78 Å². The van der Waals surface area contributed by atoms with Gasteiger partial charge in [-0.15, -0.1) is 0 Å². The molecule has 0 spiro atoms. The molecule has 0 aromatic heterocycles. The van der Waals surface area contributed by atoms with Crippen LogP contribution in [0.5, 0.6) is 0 Å². The minimum absolute atomic E-state index is 0.319. The van der Waals surface area contributed by atoms with Gasteiger partial charge in [-0.25, -0.2) is 9.78 Å². The van der Waals surface area contributed by atoms with E-state index in [4.69, 9.17) is 5.11 Å². The van der Waals surface area contributed by atoms with Crippen molar-refractivity contribution in [3.63, 3.8) is 0 Å². The lowest BCUT2D eigenvalue weighted by atomic mass is 10.3. The monoisotopic (exact) mass is 148 g/mol. The molecule has 0 bridgehead atoms. The Morgan fingerprint density at radius 1 is 1.20 bits per heavy atom. The molecule has 0 amide bonds. The SMILES string of the molecule is C1CCOOC1.CCCO. The van der Waals surface area contributed by atoms with E-state index < -0.39 is 0 Å². The maximum absolute atomic E-state index is 7.88. The molecule has 1 aliphatic heterocycles. The molecule has 0 saturated carbocycles. The number of rotatable bonds is 1. The Morgan fingerprint density at radius 3 is 1.70 bits per heavy atom. The molecule has 10 heavy (non-hydrogen) atoms. The molecule has 62 valence electrons. The second kappa shape index (κ2) is 8.88. The molecule has 1 N–H and O–H groups in total. The van der Waals surface area contributed by atoms with Crippen molar-refractivity contribution in [2.75, 3.05) is 19.8 Å². The van der Waals surface area contributed by atoms with Crippen LogP contribution >= 0.6 is 0 Å². The van der Waals surface area contributed by atoms with Gasteiger partial charge in [0.15, 0.2) is 0 Å². The molecule has 1 heterocycles. The van der Waals surface area contributed by atoms with Crippen LogP contribution in [0.25, 0.3) is 0 Å². The van der Waals surface area contributed by atoms with Crippen molar-refractivity contribution in [2.24, 2.45) is 0 Å². The lowest BCUT2D eigenvalue weighted by Crippen LogP contribution is -2.05. The highest BCUT2D eigenvalue weighted by atomic mass is 17.2. The molecule has 0 radical (unpaired) electrons. The summed E-state index contributed by atoms with van der Waals surface area (Å²) >= 11 is 0. The summed E-state index contributed by atoms with van der Waals surface area (Å²) in [5.41, 5.74) is 0. The molecule has 1 fully saturated rings. The van der Waals surface area contributed by atoms with Crippen LogP contribution in [0.1, 0.15) is 26.2 Å². The first-order valence-corrected chi connectivity index (χ1v) is 3.77. The van der Waals surface area contributed by atoms with E-state index in [1.54, 1.807) is 0 Å². The van der Waals surface area contributed by atoms with E-state index in [0.717, 1.165) is 32.5 Å². The number of hydrogen-bond acceptors (Lipinski definition) is 3. The fourth-order valence-corrected chi connectivity index (χ4v) is 0.440. The Hall–Kier alpha value is -0.120. The molecule has 1 saturated heterocycles. The van der Waals surface area contributed by atoms with E-state index in [1.807, 2.05) is 6.92 Å². The fraction of sp³-hybridized carbons (Fsp3) is 1.00. The maximum atomic E-state index is 7.88. The molecule has 3 nitrogen and oxygen atoms in total. The Kier molecular flexibility index (Phi) is 8.77. The summed E-state index contributed by atoms with van der Waals surface area (Å²) in [4.78, 5) is 9.14. The molecule has 0 aliphatic carbocycles. The molecule has 0 aromatic carbocycles. The number of hydrogen-bond donors (Lipinski definition) is 1. The Morgan fingerprint density at radius 2 is 1.60 bits per heavy atom. The van der Waals surface area contributed by atoms with E-state index in [0.29, 0.717) is 6.61 Å². The third-order valence-corrected chi connectivity index (χ3v) is 1.01. The second-order valence-electron chi connectivity index (χ2n) is 2.07. The zero-order chi connectivity index (χ0) is 7.66. The summed E-state index contributed by atoms with van der Waals surface area (Å²) in [6, 6.07) is 0. The molecule has 1 rings (SSSR count). The van der Waals surface area contributed by atoms with Crippen molar-refractivity contribution in [1.82, 2.24) is 0 Å². The molecule has 0 atom stereocenters. The summed E-state index contributed by atoms with van der Waals surface area (Å²) in [6.07, 6.45) is 3.18. The maximum Gasteiger partial charge on any atom is 0.0823 e. The average Bonchev–Trinajstić information content (AvgIpc) is 2.08. The van der Waals surface area contributed by atoms with Gasteiger partial charge in [-0.2, -0.15) is 0 Å². The van der Waals surface area contributed by atoms with E-state index in [1.165, 1.54) is 0 Å². The van der Waals surface area contributed by atoms with Crippen LogP contribution < -0.4 is 0 Å². The normalized spacial score (nSPS) is 17.4. The van der Waals surface area contributed by atoms with E-state index in [2.05, 4.69) is 9.78 Å². The van der Waals surface area contributed by atoms with E-state index in [-0.39, 0.29) is 0 Å². The second-order valence-corrected chi connectivity index (χ2v) is 2.07. The van der Waals surface area contributed by atoms with Gasteiger partial charge in [-0.05, 0) is 19.3 Å². The number of aliphatic hydroxyl groups excluding tert-OH is 1. The Balaban J connectivity index is 0.000000180. The summed E-state index contributed by atoms with van der Waals surface area (Å²) in [5.74, 6) is 0. The number of aliphatic hydroxyl groups is 1. The summed E-state index contributed by atoms with van der Waals surface area (Å²) in [7, 11) is 0. The van der Waals surface area contributed by atoms with Gasteiger partial charge in [0.1, 0.15) is 0 Å². The molecule has 1 aliphatic rings. The van der Waals surface area contributed by atoms with Crippen LogP contribution in [0, 0.1) is 0 Å². The predicted molar refractivity (Wildman–Crippen MR) is 38.5 cm³/mol. The molecule has 3 heteroatoms. The fourth-order valence-electron chi connectivity index (χ4n) is 0.440. The first-order valence-electron chi connectivity index (χ1n) is 3.77. The topological polar surface area (TPSA) is 38.7 Å². The minimum atomic E-state index is 0.319. The van der Waals surface area contributed by atoms with Gasteiger partial charge in [-0.3, -0.25) is 0 Å². The molecule has 0 aromatic rings. The molecular formula is C7H16O3. The van der Waals surface area contributed by atoms with Crippen molar-refractivity contribution in [2.45, 2.75) is 26.2 Å². The van der Waals surface area contributed by atoms with E-state index >= 15 is 0 Å². The van der Waals surface area contributed by atoms with Crippen molar-refractivity contribution in [1.29, 1.82) is 0 Å². The van der Waals surface area contributed by atoms with Gasteiger partial charge in [0, 0.05) is 6.61 Å². The van der Waals surface area contributed by atoms with Crippen LogP contribution in [0.4, 0.5) is 0 Å². The van der Waals surface area contributed by atoms with Gasteiger partial charge in [0.2, 0.25) is 0 Å². The summed E-state index contributed by atoms with van der Waals surface area (Å²) < 4.78 is 0. The standard InChI is InChI=1S/C4H8O2.C3H8O/c1-2-4-6-5-3-1;1-2-3-4/h1-4H2;4H,2-3H2,1H3. The Labute approximate surface area is 61.9 Å². The quantitative estimate of drug-likeness (QED) is 0.566. The summed E-state index contributed by atoms with van der Waals surface area (Å²) in [6.45, 7) is 3.81. The van der Waals surface area contributed by atoms with Gasteiger partial charge in [0.05, 0.1) is 13.2 Å². The first kappa shape index (κ1) is 9.88. The third-order valence-electron chi connectivity index (χ3n) is 1.01. The van der Waals surface area contributed by atoms with Crippen molar-refractivity contribution in [3.8, 4) is 0 Å². The molecule has 0 unspecified atom stereocenters. The van der Waals surface area contributed by atoms with Crippen LogP contribution in [0.3, 0.4) is 0 Å². The van der Waals surface area contributed by atoms with Crippen molar-refractivity contribution >= 4 is 0 Å². The first-order chi connectivity index (χ1) is 4.91. The Bertz CT molecular complexity index is 39.3. The summed E-state index contributed by atoms with van der Waals surface area (Å²) in [5, 5.41) is 7.88. The third kappa shape index (κ3) is 7.88. The lowest BCUT2D eigenvalue weighted by molar-refractivity contribution is -0.312. The average molecular weight is 148 g/mol. The van der Waals surface area contributed by atoms with Crippen molar-refractivity contribution < 1.29 is 14.9 Å². The largest absolute Gasteiger partial charge is 0.396 e. The van der Waals surface area contributed by atoms with Gasteiger partial charge in [0.25, 0.3) is 0 Å². The van der Waals surface area contributed by atoms with Gasteiger partial charge >= 0.3 is 0 Å². The van der Waals surface area contributed by atoms with Crippen LogP contribution in [0.15, 0.2) is 0 Å². The lowest BCUT2D eigenvalue weighted by Gasteiger charge is -2.07. The highest BCUT2D eigenvalue weighted by Gasteiger charge is 1.95. The zero-order valence-electron chi connectivity index (χ0n) is 6.51.